The third-order valence-electron chi connectivity index (χ3n) is 4.18. The first kappa shape index (κ1) is 14.7. The predicted octanol–water partition coefficient (Wildman–Crippen LogP) is 2.28. The highest BCUT2D eigenvalue weighted by molar-refractivity contribution is 5.77. The molecule has 1 unspecified atom stereocenters. The van der Waals surface area contributed by atoms with Crippen LogP contribution < -0.4 is 5.32 Å². The predicted molar refractivity (Wildman–Crippen MR) is 77.8 cm³/mol. The second kappa shape index (κ2) is 5.51. The molecule has 1 N–H and O–H groups in total. The van der Waals surface area contributed by atoms with Crippen molar-refractivity contribution < 1.29 is 13.7 Å². The SMILES string of the molecule is Cc1cccc(Cc2noc(C3(C)CCC(=O)NC3)n2)c1F. The van der Waals surface area contributed by atoms with Gasteiger partial charge >= 0.3 is 0 Å². The van der Waals surface area contributed by atoms with Crippen LogP contribution in [0.1, 0.15) is 42.6 Å². The van der Waals surface area contributed by atoms with Crippen LogP contribution >= 0.6 is 0 Å². The van der Waals surface area contributed by atoms with Crippen molar-refractivity contribution in [3.63, 3.8) is 0 Å². The summed E-state index contributed by atoms with van der Waals surface area (Å²) in [7, 11) is 0. The third kappa shape index (κ3) is 2.73. The minimum Gasteiger partial charge on any atom is -0.355 e. The third-order valence-corrected chi connectivity index (χ3v) is 4.18. The maximum Gasteiger partial charge on any atom is 0.234 e. The zero-order chi connectivity index (χ0) is 15.7. The van der Waals surface area contributed by atoms with Crippen LogP contribution in [0, 0.1) is 12.7 Å². The summed E-state index contributed by atoms with van der Waals surface area (Å²) in [5.41, 5.74) is 0.794. The molecule has 1 aliphatic rings. The van der Waals surface area contributed by atoms with E-state index in [2.05, 4.69) is 15.5 Å². The largest absolute Gasteiger partial charge is 0.355 e. The van der Waals surface area contributed by atoms with E-state index in [1.165, 1.54) is 0 Å². The summed E-state index contributed by atoms with van der Waals surface area (Å²) in [5, 5.41) is 6.78. The first-order valence-electron chi connectivity index (χ1n) is 7.32. The van der Waals surface area contributed by atoms with Crippen molar-refractivity contribution in [1.82, 2.24) is 15.5 Å². The van der Waals surface area contributed by atoms with Crippen molar-refractivity contribution in [3.05, 3.63) is 46.9 Å². The number of rotatable bonds is 3. The van der Waals surface area contributed by atoms with Gasteiger partial charge in [0.25, 0.3) is 0 Å². The Morgan fingerprint density at radius 2 is 2.27 bits per heavy atom. The number of carbonyl (C=O) groups is 1. The van der Waals surface area contributed by atoms with E-state index in [1.54, 1.807) is 19.1 Å². The molecule has 0 aliphatic carbocycles. The van der Waals surface area contributed by atoms with Gasteiger partial charge in [-0.3, -0.25) is 4.79 Å². The molecule has 2 heterocycles. The Labute approximate surface area is 127 Å². The molecule has 0 radical (unpaired) electrons. The van der Waals surface area contributed by atoms with Crippen LogP contribution in [0.5, 0.6) is 0 Å². The highest BCUT2D eigenvalue weighted by atomic mass is 19.1. The molecule has 5 nitrogen and oxygen atoms in total. The van der Waals surface area contributed by atoms with Crippen LogP contribution in [0.15, 0.2) is 22.7 Å². The van der Waals surface area contributed by atoms with Crippen LogP contribution in [0.4, 0.5) is 4.39 Å². The van der Waals surface area contributed by atoms with Crippen molar-refractivity contribution >= 4 is 5.91 Å². The summed E-state index contributed by atoms with van der Waals surface area (Å²) in [6, 6.07) is 5.26. The number of halogens is 1. The van der Waals surface area contributed by atoms with Gasteiger partial charge < -0.3 is 9.84 Å². The van der Waals surface area contributed by atoms with Gasteiger partial charge in [-0.15, -0.1) is 0 Å². The zero-order valence-corrected chi connectivity index (χ0v) is 12.6. The van der Waals surface area contributed by atoms with Crippen molar-refractivity contribution in [2.75, 3.05) is 6.54 Å². The number of hydrogen-bond donors (Lipinski definition) is 1. The molecule has 1 fully saturated rings. The molecule has 1 aliphatic heterocycles. The lowest BCUT2D eigenvalue weighted by Crippen LogP contribution is -2.44. The van der Waals surface area contributed by atoms with Gasteiger partial charge in [-0.25, -0.2) is 4.39 Å². The molecule has 22 heavy (non-hydrogen) atoms. The Morgan fingerprint density at radius 1 is 1.45 bits per heavy atom. The van der Waals surface area contributed by atoms with Crippen LogP contribution in [0.25, 0.3) is 0 Å². The lowest BCUT2D eigenvalue weighted by molar-refractivity contribution is -0.123. The second-order valence-electron chi connectivity index (χ2n) is 6.08. The summed E-state index contributed by atoms with van der Waals surface area (Å²) >= 11 is 0. The van der Waals surface area contributed by atoms with Crippen molar-refractivity contribution in [2.24, 2.45) is 0 Å². The molecule has 116 valence electrons. The maximum atomic E-state index is 14.0. The average molecular weight is 303 g/mol. The van der Waals surface area contributed by atoms with Crippen LogP contribution in [0.3, 0.4) is 0 Å². The molecule has 1 atom stereocenters. The van der Waals surface area contributed by atoms with Gasteiger partial charge in [0.2, 0.25) is 11.8 Å². The van der Waals surface area contributed by atoms with Gasteiger partial charge in [0, 0.05) is 19.4 Å². The molecule has 1 aromatic carbocycles. The van der Waals surface area contributed by atoms with Gasteiger partial charge in [-0.1, -0.05) is 23.4 Å². The molecule has 2 aromatic rings. The lowest BCUT2D eigenvalue weighted by Gasteiger charge is -2.29. The quantitative estimate of drug-likeness (QED) is 0.944. The van der Waals surface area contributed by atoms with Gasteiger partial charge in [0.15, 0.2) is 5.82 Å². The first-order chi connectivity index (χ1) is 10.5. The molecular weight excluding hydrogens is 285 g/mol. The molecule has 1 amide bonds. The molecule has 1 saturated heterocycles. The number of carbonyl (C=O) groups excluding carboxylic acids is 1. The number of piperidine rings is 1. The molecule has 0 saturated carbocycles. The zero-order valence-electron chi connectivity index (χ0n) is 12.6. The van der Waals surface area contributed by atoms with E-state index in [-0.39, 0.29) is 17.1 Å². The number of aromatic nitrogens is 2. The van der Waals surface area contributed by atoms with Gasteiger partial charge in [-0.2, -0.15) is 4.98 Å². The molecule has 6 heteroatoms. The normalized spacial score (nSPS) is 21.7. The topological polar surface area (TPSA) is 68.0 Å². The Kier molecular flexibility index (Phi) is 3.68. The highest BCUT2D eigenvalue weighted by Gasteiger charge is 2.36. The van der Waals surface area contributed by atoms with E-state index in [1.807, 2.05) is 13.0 Å². The van der Waals surface area contributed by atoms with Crippen LogP contribution in [-0.4, -0.2) is 22.6 Å². The highest BCUT2D eigenvalue weighted by Crippen LogP contribution is 2.30. The van der Waals surface area contributed by atoms with Crippen LogP contribution in [-0.2, 0) is 16.6 Å². The Hall–Kier alpha value is -2.24. The smallest absolute Gasteiger partial charge is 0.234 e. The number of nitrogens with zero attached hydrogens (tertiary/aromatic N) is 2. The minimum atomic E-state index is -0.357. The summed E-state index contributed by atoms with van der Waals surface area (Å²) in [5.74, 6) is 0.761. The minimum absolute atomic E-state index is 0.0408. The molecule has 1 aromatic heterocycles. The van der Waals surface area contributed by atoms with E-state index in [4.69, 9.17) is 4.52 Å². The summed E-state index contributed by atoms with van der Waals surface area (Å²) < 4.78 is 19.4. The number of benzene rings is 1. The fourth-order valence-corrected chi connectivity index (χ4v) is 2.63. The van der Waals surface area contributed by atoms with Crippen molar-refractivity contribution in [2.45, 2.75) is 38.5 Å². The Morgan fingerprint density at radius 3 is 3.00 bits per heavy atom. The first-order valence-corrected chi connectivity index (χ1v) is 7.32. The monoisotopic (exact) mass is 303 g/mol. The summed E-state index contributed by atoms with van der Waals surface area (Å²) in [4.78, 5) is 15.7. The van der Waals surface area contributed by atoms with Crippen LogP contribution in [0.2, 0.25) is 0 Å². The Bertz CT molecular complexity index is 701. The molecule has 0 bridgehead atoms. The van der Waals surface area contributed by atoms with E-state index in [9.17, 15) is 9.18 Å². The van der Waals surface area contributed by atoms with E-state index < -0.39 is 0 Å². The number of amides is 1. The van der Waals surface area contributed by atoms with Gasteiger partial charge in [-0.05, 0) is 31.4 Å². The number of nitrogens with one attached hydrogen (secondary N) is 1. The van der Waals surface area contributed by atoms with E-state index in [0.717, 1.165) is 0 Å². The van der Waals surface area contributed by atoms with Gasteiger partial charge in [0.1, 0.15) is 5.82 Å². The summed E-state index contributed by atoms with van der Waals surface area (Å²) in [6.07, 6.45) is 1.40. The molecule has 3 rings (SSSR count). The van der Waals surface area contributed by atoms with Crippen molar-refractivity contribution in [1.29, 1.82) is 0 Å². The standard InChI is InChI=1S/C16H18FN3O2/c1-10-4-3-5-11(14(10)17)8-12-19-15(22-20-12)16(2)7-6-13(21)18-9-16/h3-5H,6-9H2,1-2H3,(H,18,21). The molecule has 0 spiro atoms. The number of hydrogen-bond acceptors (Lipinski definition) is 4. The molecular formula is C16H18FN3O2. The number of aryl methyl sites for hydroxylation is 1. The van der Waals surface area contributed by atoms with Crippen molar-refractivity contribution in [3.8, 4) is 0 Å². The Balaban J connectivity index is 1.79. The van der Waals surface area contributed by atoms with Gasteiger partial charge in [0.05, 0.1) is 5.41 Å². The lowest BCUT2D eigenvalue weighted by atomic mass is 9.82. The van der Waals surface area contributed by atoms with E-state index >= 15 is 0 Å². The second-order valence-corrected chi connectivity index (χ2v) is 6.08. The average Bonchev–Trinajstić information content (AvgIpc) is 2.97. The fraction of sp³-hybridized carbons (Fsp3) is 0.438. The summed E-state index contributed by atoms with van der Waals surface area (Å²) in [6.45, 7) is 4.19. The fourth-order valence-electron chi connectivity index (χ4n) is 2.63. The maximum absolute atomic E-state index is 14.0. The van der Waals surface area contributed by atoms with E-state index in [0.29, 0.717) is 48.6 Å².